The Labute approximate surface area is 106 Å². The van der Waals surface area contributed by atoms with Crippen LogP contribution in [0.5, 0.6) is 0 Å². The van der Waals surface area contributed by atoms with E-state index >= 15 is 0 Å². The molecule has 2 nitrogen and oxygen atoms in total. The van der Waals surface area contributed by atoms with Gasteiger partial charge in [-0.05, 0) is 37.8 Å². The summed E-state index contributed by atoms with van der Waals surface area (Å²) in [4.78, 5) is 3.78. The van der Waals surface area contributed by atoms with Crippen molar-refractivity contribution in [3.8, 4) is 0 Å². The third kappa shape index (κ3) is 4.55. The van der Waals surface area contributed by atoms with Crippen LogP contribution in [0.3, 0.4) is 0 Å². The topological polar surface area (TPSA) is 24.9 Å². The molecule has 1 aromatic rings. The lowest BCUT2D eigenvalue weighted by molar-refractivity contribution is -0.137. The quantitative estimate of drug-likeness (QED) is 0.852. The summed E-state index contributed by atoms with van der Waals surface area (Å²) in [5.41, 5.74) is -0.707. The van der Waals surface area contributed by atoms with Crippen LogP contribution in [-0.4, -0.2) is 11.0 Å². The van der Waals surface area contributed by atoms with Gasteiger partial charge in [0.1, 0.15) is 5.82 Å². The van der Waals surface area contributed by atoms with Crippen LogP contribution in [0.1, 0.15) is 39.2 Å². The van der Waals surface area contributed by atoms with Crippen molar-refractivity contribution in [2.24, 2.45) is 5.92 Å². The van der Waals surface area contributed by atoms with E-state index < -0.39 is 11.7 Å². The standard InChI is InChI=1S/C13H19F3N2/c1-9(2)6-7-10(3)18-12-11(13(14,15)16)5-4-8-17-12/h4-5,8-10H,6-7H2,1-3H3,(H,17,18). The van der Waals surface area contributed by atoms with Gasteiger partial charge < -0.3 is 5.32 Å². The lowest BCUT2D eigenvalue weighted by atomic mass is 10.0. The number of nitrogens with one attached hydrogen (secondary N) is 1. The van der Waals surface area contributed by atoms with Crippen LogP contribution >= 0.6 is 0 Å². The number of aromatic nitrogens is 1. The Morgan fingerprint density at radius 2 is 1.89 bits per heavy atom. The average molecular weight is 260 g/mol. The van der Waals surface area contributed by atoms with Gasteiger partial charge in [-0.25, -0.2) is 4.98 Å². The second-order valence-electron chi connectivity index (χ2n) is 4.91. The highest BCUT2D eigenvalue weighted by molar-refractivity contribution is 5.46. The molecule has 0 aliphatic rings. The van der Waals surface area contributed by atoms with Crippen molar-refractivity contribution in [1.82, 2.24) is 4.98 Å². The molecule has 0 saturated carbocycles. The number of pyridine rings is 1. The Morgan fingerprint density at radius 3 is 2.44 bits per heavy atom. The first kappa shape index (κ1) is 14.8. The molecule has 0 saturated heterocycles. The Hall–Kier alpha value is -1.26. The molecule has 0 bridgehead atoms. The van der Waals surface area contributed by atoms with Crippen LogP contribution in [0.15, 0.2) is 18.3 Å². The lowest BCUT2D eigenvalue weighted by Gasteiger charge is -2.18. The van der Waals surface area contributed by atoms with Crippen molar-refractivity contribution in [3.05, 3.63) is 23.9 Å². The Morgan fingerprint density at radius 1 is 1.22 bits per heavy atom. The van der Waals surface area contributed by atoms with Gasteiger partial charge >= 0.3 is 6.18 Å². The van der Waals surface area contributed by atoms with Gasteiger partial charge in [-0.15, -0.1) is 0 Å². The first-order valence-corrected chi connectivity index (χ1v) is 6.09. The van der Waals surface area contributed by atoms with Crippen molar-refractivity contribution in [3.63, 3.8) is 0 Å². The third-order valence-electron chi connectivity index (χ3n) is 2.67. The zero-order valence-electron chi connectivity index (χ0n) is 10.9. The predicted octanol–water partition coefficient (Wildman–Crippen LogP) is 4.34. The van der Waals surface area contributed by atoms with Gasteiger partial charge in [0.05, 0.1) is 5.56 Å². The molecule has 1 N–H and O–H groups in total. The molecule has 1 heterocycles. The maximum absolute atomic E-state index is 12.7. The van der Waals surface area contributed by atoms with Gasteiger partial charge in [-0.3, -0.25) is 0 Å². The summed E-state index contributed by atoms with van der Waals surface area (Å²) in [6.07, 6.45) is -1.20. The zero-order valence-corrected chi connectivity index (χ0v) is 10.9. The largest absolute Gasteiger partial charge is 0.419 e. The van der Waals surface area contributed by atoms with Crippen LogP contribution in [-0.2, 0) is 6.18 Å². The first-order chi connectivity index (χ1) is 8.30. The van der Waals surface area contributed by atoms with Crippen LogP contribution < -0.4 is 5.32 Å². The molecule has 1 unspecified atom stereocenters. The monoisotopic (exact) mass is 260 g/mol. The van der Waals surface area contributed by atoms with E-state index in [1.807, 2.05) is 6.92 Å². The molecule has 0 fully saturated rings. The Balaban J connectivity index is 2.72. The van der Waals surface area contributed by atoms with Gasteiger partial charge in [-0.2, -0.15) is 13.2 Å². The number of anilines is 1. The molecule has 0 radical (unpaired) electrons. The van der Waals surface area contributed by atoms with Crippen molar-refractivity contribution in [2.45, 2.75) is 45.8 Å². The van der Waals surface area contributed by atoms with Crippen LogP contribution in [0.2, 0.25) is 0 Å². The van der Waals surface area contributed by atoms with E-state index in [-0.39, 0.29) is 11.9 Å². The fourth-order valence-corrected chi connectivity index (χ4v) is 1.64. The van der Waals surface area contributed by atoms with Gasteiger partial charge in [0.15, 0.2) is 0 Å². The number of halogens is 3. The molecule has 5 heteroatoms. The highest BCUT2D eigenvalue weighted by atomic mass is 19.4. The molecule has 0 amide bonds. The van der Waals surface area contributed by atoms with E-state index in [1.165, 1.54) is 12.3 Å². The third-order valence-corrected chi connectivity index (χ3v) is 2.67. The molecule has 0 aromatic carbocycles. The molecule has 18 heavy (non-hydrogen) atoms. The summed E-state index contributed by atoms with van der Waals surface area (Å²) in [5, 5.41) is 2.84. The smallest absolute Gasteiger partial charge is 0.367 e. The summed E-state index contributed by atoms with van der Waals surface area (Å²) >= 11 is 0. The molecule has 1 atom stereocenters. The average Bonchev–Trinajstić information content (AvgIpc) is 2.25. The molecule has 1 aromatic heterocycles. The van der Waals surface area contributed by atoms with Crippen LogP contribution in [0.4, 0.5) is 19.0 Å². The summed E-state index contributed by atoms with van der Waals surface area (Å²) in [6.45, 7) is 6.06. The number of nitrogens with zero attached hydrogens (tertiary/aromatic N) is 1. The highest BCUT2D eigenvalue weighted by Gasteiger charge is 2.34. The summed E-state index contributed by atoms with van der Waals surface area (Å²) in [7, 11) is 0. The van der Waals surface area contributed by atoms with Crippen molar-refractivity contribution in [1.29, 1.82) is 0 Å². The second kappa shape index (κ2) is 6.07. The normalized spacial score (nSPS) is 13.7. The first-order valence-electron chi connectivity index (χ1n) is 6.09. The molecule has 102 valence electrons. The summed E-state index contributed by atoms with van der Waals surface area (Å²) in [6, 6.07) is 2.32. The minimum absolute atomic E-state index is 0.0246. The number of hydrogen-bond donors (Lipinski definition) is 1. The van der Waals surface area contributed by atoms with Crippen molar-refractivity contribution < 1.29 is 13.2 Å². The fourth-order valence-electron chi connectivity index (χ4n) is 1.64. The van der Waals surface area contributed by atoms with E-state index in [4.69, 9.17) is 0 Å². The second-order valence-corrected chi connectivity index (χ2v) is 4.91. The van der Waals surface area contributed by atoms with E-state index in [1.54, 1.807) is 0 Å². The lowest BCUT2D eigenvalue weighted by Crippen LogP contribution is -2.20. The van der Waals surface area contributed by atoms with Crippen molar-refractivity contribution in [2.75, 3.05) is 5.32 Å². The maximum atomic E-state index is 12.7. The Bertz CT molecular complexity index is 375. The Kier molecular flexibility index (Phi) is 4.99. The van der Waals surface area contributed by atoms with Gasteiger partial charge in [0.2, 0.25) is 0 Å². The zero-order chi connectivity index (χ0) is 13.8. The van der Waals surface area contributed by atoms with Gasteiger partial charge in [-0.1, -0.05) is 13.8 Å². The minimum Gasteiger partial charge on any atom is -0.367 e. The SMILES string of the molecule is CC(C)CCC(C)Nc1ncccc1C(F)(F)F. The van der Waals surface area contributed by atoms with Crippen LogP contribution in [0.25, 0.3) is 0 Å². The summed E-state index contributed by atoms with van der Waals surface area (Å²) < 4.78 is 38.2. The number of alkyl halides is 3. The molecular formula is C13H19F3N2. The van der Waals surface area contributed by atoms with Crippen LogP contribution in [0, 0.1) is 5.92 Å². The van der Waals surface area contributed by atoms with Crippen molar-refractivity contribution >= 4 is 5.82 Å². The predicted molar refractivity (Wildman–Crippen MR) is 66.4 cm³/mol. The number of rotatable bonds is 5. The van der Waals surface area contributed by atoms with Gasteiger partial charge in [0, 0.05) is 12.2 Å². The van der Waals surface area contributed by atoms with E-state index in [2.05, 4.69) is 24.1 Å². The number of hydrogen-bond acceptors (Lipinski definition) is 2. The molecule has 0 aliphatic carbocycles. The minimum atomic E-state index is -4.37. The van der Waals surface area contributed by atoms with E-state index in [0.717, 1.165) is 18.9 Å². The summed E-state index contributed by atoms with van der Waals surface area (Å²) in [5.74, 6) is 0.460. The molecule has 0 spiro atoms. The van der Waals surface area contributed by atoms with E-state index in [0.29, 0.717) is 5.92 Å². The van der Waals surface area contributed by atoms with Gasteiger partial charge in [0.25, 0.3) is 0 Å². The maximum Gasteiger partial charge on any atom is 0.419 e. The molecule has 1 rings (SSSR count). The molecular weight excluding hydrogens is 241 g/mol. The fraction of sp³-hybridized carbons (Fsp3) is 0.615. The molecule has 0 aliphatic heterocycles. The highest BCUT2D eigenvalue weighted by Crippen LogP contribution is 2.33. The van der Waals surface area contributed by atoms with E-state index in [9.17, 15) is 13.2 Å².